The van der Waals surface area contributed by atoms with Crippen LogP contribution in [0.5, 0.6) is 5.75 Å². The number of nitrogens with zero attached hydrogens (tertiary/aromatic N) is 1. The monoisotopic (exact) mass is 529 g/mol. The third-order valence-electron chi connectivity index (χ3n) is 5.71. The van der Waals surface area contributed by atoms with Crippen molar-refractivity contribution in [2.75, 3.05) is 13.2 Å². The molecule has 2 amide bonds. The third kappa shape index (κ3) is 7.27. The Morgan fingerprint density at radius 3 is 2.32 bits per heavy atom. The van der Waals surface area contributed by atoms with Crippen LogP contribution in [-0.2, 0) is 14.4 Å². The lowest BCUT2D eigenvalue weighted by atomic mass is 9.87. The Balaban J connectivity index is 1.55. The summed E-state index contributed by atoms with van der Waals surface area (Å²) in [5.74, 6) is -12.5. The number of carboxylic acid groups (broad SMARTS) is 1. The molecule has 1 aliphatic rings. The molecule has 0 saturated heterocycles. The second-order valence-corrected chi connectivity index (χ2v) is 8.40. The van der Waals surface area contributed by atoms with Gasteiger partial charge in [-0.15, -0.1) is 0 Å². The number of benzene rings is 1. The maximum Gasteiger partial charge on any atom is 0.305 e. The standard InChI is InChI=1S/C23H23F4N3O7/c24-12-6-13(25)21(27)22(20(12)26)36-10-16(31)14(8-19(33)34)29-18(32)9-28-23(35)15-7-17(37-30-15)11-4-2-1-3-5-11/h6-7,11,14H,1-5,8-10H2,(H,28,35)(H,29,32)(H,33,34). The van der Waals surface area contributed by atoms with Crippen molar-refractivity contribution in [1.29, 1.82) is 0 Å². The van der Waals surface area contributed by atoms with Gasteiger partial charge in [0.25, 0.3) is 5.91 Å². The quantitative estimate of drug-likeness (QED) is 0.297. The Hall–Kier alpha value is -3.97. The van der Waals surface area contributed by atoms with Crippen LogP contribution < -0.4 is 15.4 Å². The molecular weight excluding hydrogens is 506 g/mol. The van der Waals surface area contributed by atoms with Crippen LogP contribution in [0.15, 0.2) is 16.7 Å². The van der Waals surface area contributed by atoms with Gasteiger partial charge >= 0.3 is 5.97 Å². The highest BCUT2D eigenvalue weighted by molar-refractivity contribution is 5.96. The molecule has 1 aromatic heterocycles. The molecule has 200 valence electrons. The van der Waals surface area contributed by atoms with Crippen LogP contribution >= 0.6 is 0 Å². The lowest BCUT2D eigenvalue weighted by Crippen LogP contribution is -2.47. The van der Waals surface area contributed by atoms with Gasteiger partial charge < -0.3 is 25.0 Å². The first-order valence-corrected chi connectivity index (χ1v) is 11.3. The second kappa shape index (κ2) is 12.3. The molecule has 0 radical (unpaired) electrons. The molecule has 0 bridgehead atoms. The fraction of sp³-hybridized carbons (Fsp3) is 0.435. The van der Waals surface area contributed by atoms with E-state index in [9.17, 15) is 36.7 Å². The Labute approximate surface area is 207 Å². The first kappa shape index (κ1) is 27.6. The van der Waals surface area contributed by atoms with E-state index < -0.39 is 78.2 Å². The number of hydrogen-bond donors (Lipinski definition) is 3. The summed E-state index contributed by atoms with van der Waals surface area (Å²) in [6.45, 7) is -1.89. The van der Waals surface area contributed by atoms with Crippen LogP contribution in [-0.4, -0.2) is 53.0 Å². The summed E-state index contributed by atoms with van der Waals surface area (Å²) in [4.78, 5) is 48.0. The minimum absolute atomic E-state index is 0.0586. The van der Waals surface area contributed by atoms with Crippen molar-refractivity contribution in [2.45, 2.75) is 50.5 Å². The topological polar surface area (TPSA) is 148 Å². The van der Waals surface area contributed by atoms with Gasteiger partial charge in [-0.2, -0.15) is 8.78 Å². The van der Waals surface area contributed by atoms with Crippen molar-refractivity contribution >= 4 is 23.6 Å². The van der Waals surface area contributed by atoms with Crippen molar-refractivity contribution in [1.82, 2.24) is 15.8 Å². The van der Waals surface area contributed by atoms with E-state index in [-0.39, 0.29) is 17.7 Å². The molecule has 0 aliphatic heterocycles. The van der Waals surface area contributed by atoms with Gasteiger partial charge in [0.1, 0.15) is 18.4 Å². The largest absolute Gasteiger partial charge is 0.481 e. The average molecular weight is 529 g/mol. The van der Waals surface area contributed by atoms with Crippen LogP contribution in [0, 0.1) is 23.3 Å². The molecule has 2 aromatic rings. The maximum absolute atomic E-state index is 13.7. The lowest BCUT2D eigenvalue weighted by Gasteiger charge is -2.18. The Morgan fingerprint density at radius 2 is 1.70 bits per heavy atom. The average Bonchev–Trinajstić information content (AvgIpc) is 3.36. The molecule has 1 fully saturated rings. The zero-order valence-corrected chi connectivity index (χ0v) is 19.3. The van der Waals surface area contributed by atoms with Crippen LogP contribution in [0.4, 0.5) is 17.6 Å². The highest BCUT2D eigenvalue weighted by Crippen LogP contribution is 2.32. The minimum Gasteiger partial charge on any atom is -0.481 e. The number of carbonyl (C=O) groups is 4. The number of carboxylic acids is 1. The molecule has 10 nitrogen and oxygen atoms in total. The summed E-state index contributed by atoms with van der Waals surface area (Å²) in [5, 5.41) is 17.0. The van der Waals surface area contributed by atoms with Gasteiger partial charge in [0, 0.05) is 18.1 Å². The van der Waals surface area contributed by atoms with Gasteiger partial charge in [0.15, 0.2) is 28.9 Å². The first-order chi connectivity index (χ1) is 17.6. The summed E-state index contributed by atoms with van der Waals surface area (Å²) in [6, 6.07) is -0.321. The van der Waals surface area contributed by atoms with Crippen LogP contribution in [0.2, 0.25) is 0 Å². The normalized spacial score (nSPS) is 14.6. The number of aliphatic carboxylic acids is 1. The molecular formula is C23H23F4N3O7. The predicted octanol–water partition coefficient (Wildman–Crippen LogP) is 2.62. The van der Waals surface area contributed by atoms with Crippen molar-refractivity contribution in [3.05, 3.63) is 46.9 Å². The molecule has 3 rings (SSSR count). The summed E-state index contributed by atoms with van der Waals surface area (Å²) in [7, 11) is 0. The lowest BCUT2D eigenvalue weighted by molar-refractivity contribution is -0.140. The fourth-order valence-electron chi connectivity index (χ4n) is 3.81. The summed E-state index contributed by atoms with van der Waals surface area (Å²) in [5.41, 5.74) is -0.0636. The Kier molecular flexibility index (Phi) is 9.20. The Bertz CT molecular complexity index is 1160. The first-order valence-electron chi connectivity index (χ1n) is 11.3. The number of ketones is 1. The van der Waals surface area contributed by atoms with E-state index in [0.29, 0.717) is 5.76 Å². The van der Waals surface area contributed by atoms with Gasteiger partial charge in [-0.3, -0.25) is 19.2 Å². The van der Waals surface area contributed by atoms with E-state index in [4.69, 9.17) is 9.63 Å². The molecule has 1 saturated carbocycles. The molecule has 0 spiro atoms. The second-order valence-electron chi connectivity index (χ2n) is 8.40. The number of nitrogens with one attached hydrogen (secondary N) is 2. The highest BCUT2D eigenvalue weighted by atomic mass is 19.2. The summed E-state index contributed by atoms with van der Waals surface area (Å²) in [6.07, 6.45) is 4.08. The number of carbonyl (C=O) groups excluding carboxylic acids is 3. The fourth-order valence-corrected chi connectivity index (χ4v) is 3.81. The smallest absolute Gasteiger partial charge is 0.305 e. The van der Waals surface area contributed by atoms with Crippen molar-refractivity contribution in [2.24, 2.45) is 0 Å². The number of halogens is 4. The molecule has 1 heterocycles. The molecule has 3 N–H and O–H groups in total. The van der Waals surface area contributed by atoms with Crippen molar-refractivity contribution < 1.29 is 51.1 Å². The van der Waals surface area contributed by atoms with E-state index in [1.807, 2.05) is 0 Å². The molecule has 1 aromatic carbocycles. The third-order valence-corrected chi connectivity index (χ3v) is 5.71. The molecule has 1 unspecified atom stereocenters. The summed E-state index contributed by atoms with van der Waals surface area (Å²) >= 11 is 0. The van der Waals surface area contributed by atoms with E-state index in [2.05, 4.69) is 20.5 Å². The molecule has 1 aliphatic carbocycles. The minimum atomic E-state index is -1.90. The zero-order valence-electron chi connectivity index (χ0n) is 19.3. The van der Waals surface area contributed by atoms with Crippen LogP contribution in [0.3, 0.4) is 0 Å². The van der Waals surface area contributed by atoms with Crippen molar-refractivity contribution in [3.63, 3.8) is 0 Å². The zero-order chi connectivity index (χ0) is 27.1. The van der Waals surface area contributed by atoms with Crippen LogP contribution in [0.25, 0.3) is 0 Å². The molecule has 1 atom stereocenters. The number of rotatable bonds is 11. The van der Waals surface area contributed by atoms with Gasteiger partial charge in [-0.1, -0.05) is 24.4 Å². The van der Waals surface area contributed by atoms with E-state index >= 15 is 0 Å². The number of hydrogen-bond acceptors (Lipinski definition) is 7. The van der Waals surface area contributed by atoms with Gasteiger partial charge in [0.2, 0.25) is 17.5 Å². The van der Waals surface area contributed by atoms with E-state index in [1.54, 1.807) is 0 Å². The van der Waals surface area contributed by atoms with Crippen LogP contribution in [0.1, 0.15) is 60.7 Å². The van der Waals surface area contributed by atoms with E-state index in [1.165, 1.54) is 6.07 Å². The number of ether oxygens (including phenoxy) is 1. The van der Waals surface area contributed by atoms with Crippen molar-refractivity contribution in [3.8, 4) is 5.75 Å². The summed E-state index contributed by atoms with van der Waals surface area (Å²) < 4.78 is 63.7. The number of amides is 2. The van der Waals surface area contributed by atoms with Gasteiger partial charge in [-0.05, 0) is 12.8 Å². The van der Waals surface area contributed by atoms with E-state index in [0.717, 1.165) is 32.1 Å². The SMILES string of the molecule is O=C(O)CC(NC(=O)CNC(=O)c1cc(C2CCCCC2)on1)C(=O)COc1c(F)c(F)cc(F)c1F. The Morgan fingerprint density at radius 1 is 1.05 bits per heavy atom. The maximum atomic E-state index is 13.7. The van der Waals surface area contributed by atoms with Gasteiger partial charge in [0.05, 0.1) is 13.0 Å². The molecule has 37 heavy (non-hydrogen) atoms. The number of Topliss-reactive ketones (excluding diaryl/α,β-unsaturated/α-hetero) is 1. The van der Waals surface area contributed by atoms with Gasteiger partial charge in [-0.25, -0.2) is 8.78 Å². The number of aromatic nitrogens is 1. The predicted molar refractivity (Wildman–Crippen MR) is 116 cm³/mol. The molecule has 14 heteroatoms. The highest BCUT2D eigenvalue weighted by Gasteiger charge is 2.27.